The van der Waals surface area contributed by atoms with E-state index in [1.165, 1.54) is 0 Å². The fourth-order valence-corrected chi connectivity index (χ4v) is 1.35. The van der Waals surface area contributed by atoms with Crippen molar-refractivity contribution in [1.82, 2.24) is 10.3 Å². The third kappa shape index (κ3) is 2.68. The van der Waals surface area contributed by atoms with Crippen LogP contribution in [0.15, 0.2) is 18.3 Å². The number of aromatic nitrogens is 1. The summed E-state index contributed by atoms with van der Waals surface area (Å²) < 4.78 is 5.00. The number of nitrogens with zero attached hydrogens (tertiary/aromatic N) is 1. The van der Waals surface area contributed by atoms with Gasteiger partial charge in [0, 0.05) is 24.7 Å². The molecule has 1 fully saturated rings. The van der Waals surface area contributed by atoms with Gasteiger partial charge in [-0.3, -0.25) is 4.79 Å². The van der Waals surface area contributed by atoms with Gasteiger partial charge in [0.25, 0.3) is 0 Å². The Morgan fingerprint density at radius 2 is 2.47 bits per heavy atom. The smallest absolute Gasteiger partial charge is 0.223 e. The van der Waals surface area contributed by atoms with E-state index in [0.29, 0.717) is 12.4 Å². The molecule has 0 saturated heterocycles. The lowest BCUT2D eigenvalue weighted by atomic mass is 10.2. The van der Waals surface area contributed by atoms with E-state index < -0.39 is 0 Å². The normalized spacial score (nSPS) is 14.7. The zero-order valence-electron chi connectivity index (χ0n) is 8.69. The molecule has 0 atom stereocenters. The topological polar surface area (TPSA) is 51.2 Å². The van der Waals surface area contributed by atoms with Crippen molar-refractivity contribution < 1.29 is 9.53 Å². The highest BCUT2D eigenvalue weighted by Gasteiger charge is 2.29. The van der Waals surface area contributed by atoms with E-state index in [0.717, 1.165) is 18.4 Å². The Kier molecular flexibility index (Phi) is 2.85. The average molecular weight is 206 g/mol. The first-order valence-electron chi connectivity index (χ1n) is 5.06. The zero-order valence-corrected chi connectivity index (χ0v) is 8.69. The van der Waals surface area contributed by atoms with Crippen LogP contribution in [0.3, 0.4) is 0 Å². The summed E-state index contributed by atoms with van der Waals surface area (Å²) in [6, 6.07) is 3.70. The fourth-order valence-electron chi connectivity index (χ4n) is 1.35. The van der Waals surface area contributed by atoms with Gasteiger partial charge in [-0.25, -0.2) is 4.98 Å². The third-order valence-electron chi connectivity index (χ3n) is 2.42. The van der Waals surface area contributed by atoms with Crippen molar-refractivity contribution in [2.75, 3.05) is 7.11 Å². The predicted molar refractivity (Wildman–Crippen MR) is 55.4 cm³/mol. The molecule has 1 aromatic rings. The van der Waals surface area contributed by atoms with Crippen molar-refractivity contribution in [3.63, 3.8) is 0 Å². The van der Waals surface area contributed by atoms with Gasteiger partial charge in [0.05, 0.1) is 7.11 Å². The summed E-state index contributed by atoms with van der Waals surface area (Å²) in [6.07, 6.45) is 3.74. The lowest BCUT2D eigenvalue weighted by Gasteiger charge is -2.05. The van der Waals surface area contributed by atoms with Crippen LogP contribution in [0.4, 0.5) is 0 Å². The Balaban J connectivity index is 1.89. The molecule has 1 N–H and O–H groups in total. The van der Waals surface area contributed by atoms with Crippen molar-refractivity contribution in [1.29, 1.82) is 0 Å². The molecular weight excluding hydrogens is 192 g/mol. The average Bonchev–Trinajstić information content (AvgIpc) is 3.10. The van der Waals surface area contributed by atoms with Crippen LogP contribution in [-0.4, -0.2) is 18.0 Å². The van der Waals surface area contributed by atoms with Gasteiger partial charge in [-0.15, -0.1) is 0 Å². The lowest BCUT2D eigenvalue weighted by molar-refractivity contribution is -0.122. The molecule has 1 aromatic heterocycles. The summed E-state index contributed by atoms with van der Waals surface area (Å²) in [5.41, 5.74) is 1.01. The van der Waals surface area contributed by atoms with E-state index >= 15 is 0 Å². The molecule has 1 aliphatic rings. The van der Waals surface area contributed by atoms with Crippen LogP contribution in [0.2, 0.25) is 0 Å². The van der Waals surface area contributed by atoms with Crippen molar-refractivity contribution in [3.05, 3.63) is 23.9 Å². The second kappa shape index (κ2) is 4.29. The van der Waals surface area contributed by atoms with Gasteiger partial charge in [-0.05, 0) is 24.5 Å². The molecule has 0 radical (unpaired) electrons. The van der Waals surface area contributed by atoms with Gasteiger partial charge in [-0.1, -0.05) is 0 Å². The van der Waals surface area contributed by atoms with Crippen molar-refractivity contribution in [2.24, 2.45) is 5.92 Å². The van der Waals surface area contributed by atoms with Gasteiger partial charge in [-0.2, -0.15) is 0 Å². The number of rotatable bonds is 4. The number of ether oxygens (including phenoxy) is 1. The van der Waals surface area contributed by atoms with Crippen LogP contribution in [0.25, 0.3) is 0 Å². The molecule has 1 saturated carbocycles. The van der Waals surface area contributed by atoms with Gasteiger partial charge < -0.3 is 10.1 Å². The molecule has 80 valence electrons. The van der Waals surface area contributed by atoms with Gasteiger partial charge in [0.1, 0.15) is 0 Å². The van der Waals surface area contributed by atoms with E-state index in [-0.39, 0.29) is 11.8 Å². The molecule has 0 spiro atoms. The molecule has 0 bridgehead atoms. The summed E-state index contributed by atoms with van der Waals surface area (Å²) in [6.45, 7) is 0.550. The maximum Gasteiger partial charge on any atom is 0.223 e. The number of methoxy groups -OCH3 is 1. The van der Waals surface area contributed by atoms with Crippen molar-refractivity contribution in [3.8, 4) is 5.88 Å². The lowest BCUT2D eigenvalue weighted by Crippen LogP contribution is -2.24. The number of nitrogens with one attached hydrogen (secondary N) is 1. The molecule has 1 aliphatic carbocycles. The van der Waals surface area contributed by atoms with Gasteiger partial charge in [0.2, 0.25) is 11.8 Å². The first-order chi connectivity index (χ1) is 7.29. The molecule has 0 aromatic carbocycles. The number of hydrogen-bond acceptors (Lipinski definition) is 3. The SMILES string of the molecule is COc1cc(CNC(=O)C2CC2)ccn1. The molecule has 0 unspecified atom stereocenters. The zero-order chi connectivity index (χ0) is 10.7. The van der Waals surface area contributed by atoms with Crippen LogP contribution >= 0.6 is 0 Å². The number of carbonyl (C=O) groups is 1. The molecule has 4 heteroatoms. The van der Waals surface area contributed by atoms with Crippen LogP contribution in [0, 0.1) is 5.92 Å². The molecular formula is C11H14N2O2. The minimum Gasteiger partial charge on any atom is -0.481 e. The number of hydrogen-bond donors (Lipinski definition) is 1. The molecule has 2 rings (SSSR count). The van der Waals surface area contributed by atoms with Crippen LogP contribution in [0.1, 0.15) is 18.4 Å². The molecule has 1 heterocycles. The predicted octanol–water partition coefficient (Wildman–Crippen LogP) is 1.12. The minimum absolute atomic E-state index is 0.158. The highest BCUT2D eigenvalue weighted by molar-refractivity contribution is 5.80. The number of carbonyl (C=O) groups excluding carboxylic acids is 1. The minimum atomic E-state index is 0.158. The van der Waals surface area contributed by atoms with Crippen LogP contribution < -0.4 is 10.1 Å². The maximum absolute atomic E-state index is 11.4. The summed E-state index contributed by atoms with van der Waals surface area (Å²) >= 11 is 0. The molecule has 4 nitrogen and oxygen atoms in total. The van der Waals surface area contributed by atoms with Crippen LogP contribution in [-0.2, 0) is 11.3 Å². The summed E-state index contributed by atoms with van der Waals surface area (Å²) in [5, 5.41) is 2.89. The Bertz CT molecular complexity index is 361. The first-order valence-corrected chi connectivity index (χ1v) is 5.06. The Labute approximate surface area is 88.7 Å². The molecule has 1 amide bonds. The standard InChI is InChI=1S/C11H14N2O2/c1-15-10-6-8(4-5-12-10)7-13-11(14)9-2-3-9/h4-6,9H,2-3,7H2,1H3,(H,13,14). The van der Waals surface area contributed by atoms with E-state index in [9.17, 15) is 4.79 Å². The monoisotopic (exact) mass is 206 g/mol. The second-order valence-electron chi connectivity index (χ2n) is 3.70. The van der Waals surface area contributed by atoms with Gasteiger partial charge in [0.15, 0.2) is 0 Å². The number of amides is 1. The summed E-state index contributed by atoms with van der Waals surface area (Å²) in [5.74, 6) is 0.993. The quantitative estimate of drug-likeness (QED) is 0.803. The highest BCUT2D eigenvalue weighted by atomic mass is 16.5. The Hall–Kier alpha value is -1.58. The third-order valence-corrected chi connectivity index (χ3v) is 2.42. The van der Waals surface area contributed by atoms with Crippen LogP contribution in [0.5, 0.6) is 5.88 Å². The van der Waals surface area contributed by atoms with E-state index in [4.69, 9.17) is 4.74 Å². The highest BCUT2D eigenvalue weighted by Crippen LogP contribution is 2.28. The maximum atomic E-state index is 11.4. The second-order valence-corrected chi connectivity index (χ2v) is 3.70. The summed E-state index contributed by atoms with van der Waals surface area (Å²) in [7, 11) is 1.58. The largest absolute Gasteiger partial charge is 0.481 e. The number of pyridine rings is 1. The van der Waals surface area contributed by atoms with Crippen molar-refractivity contribution >= 4 is 5.91 Å². The van der Waals surface area contributed by atoms with Crippen molar-refractivity contribution in [2.45, 2.75) is 19.4 Å². The summed E-state index contributed by atoms with van der Waals surface area (Å²) in [4.78, 5) is 15.4. The first kappa shape index (κ1) is 9.96. The molecule has 15 heavy (non-hydrogen) atoms. The Morgan fingerprint density at radius 3 is 3.13 bits per heavy atom. The van der Waals surface area contributed by atoms with Gasteiger partial charge >= 0.3 is 0 Å². The molecule has 0 aliphatic heterocycles. The van der Waals surface area contributed by atoms with E-state index in [2.05, 4.69) is 10.3 Å². The fraction of sp³-hybridized carbons (Fsp3) is 0.455. The van der Waals surface area contributed by atoms with E-state index in [1.54, 1.807) is 13.3 Å². The van der Waals surface area contributed by atoms with E-state index in [1.807, 2.05) is 12.1 Å². The Morgan fingerprint density at radius 1 is 1.67 bits per heavy atom.